The molecule has 2 rings (SSSR count). The number of guanidine groups is 1. The van der Waals surface area contributed by atoms with E-state index in [1.165, 1.54) is 16.7 Å². The molecule has 0 bridgehead atoms. The topological polar surface area (TPSA) is 48.9 Å². The third kappa shape index (κ3) is 8.06. The van der Waals surface area contributed by atoms with Gasteiger partial charge in [0, 0.05) is 26.7 Å². The van der Waals surface area contributed by atoms with Gasteiger partial charge in [0.2, 0.25) is 0 Å². The van der Waals surface area contributed by atoms with Crippen LogP contribution in [0.25, 0.3) is 0 Å². The zero-order valence-electron chi connectivity index (χ0n) is 17.4. The number of hydrogen-bond donors (Lipinski definition) is 2. The molecule has 0 fully saturated rings. The minimum absolute atomic E-state index is 0. The maximum Gasteiger partial charge on any atom is 0.191 e. The summed E-state index contributed by atoms with van der Waals surface area (Å²) >= 11 is 0. The maximum absolute atomic E-state index is 5.40. The molecule has 6 heteroatoms. The Labute approximate surface area is 186 Å². The van der Waals surface area contributed by atoms with Crippen molar-refractivity contribution >= 4 is 29.9 Å². The molecule has 0 radical (unpaired) electrons. The average molecular weight is 496 g/mol. The third-order valence-electron chi connectivity index (χ3n) is 4.55. The van der Waals surface area contributed by atoms with Gasteiger partial charge in [-0.3, -0.25) is 4.99 Å². The first kappa shape index (κ1) is 24.2. The highest BCUT2D eigenvalue weighted by Crippen LogP contribution is 2.17. The number of benzene rings is 2. The van der Waals surface area contributed by atoms with E-state index in [1.54, 1.807) is 14.2 Å². The third-order valence-corrected chi connectivity index (χ3v) is 4.55. The SMILES string of the molecule is CCN(C)Cc1cccc(CNC(=NC)NCCc2ccccc2OC)c1.I. The Kier molecular flexibility index (Phi) is 11.6. The second-order valence-corrected chi connectivity index (χ2v) is 6.56. The molecule has 154 valence electrons. The number of ether oxygens (including phenoxy) is 1. The summed E-state index contributed by atoms with van der Waals surface area (Å²) in [5.41, 5.74) is 3.78. The first-order valence-corrected chi connectivity index (χ1v) is 9.49. The molecule has 0 amide bonds. The summed E-state index contributed by atoms with van der Waals surface area (Å²) in [6, 6.07) is 16.8. The standard InChI is InChI=1S/C22H32N4O.HI/c1-5-26(3)17-19-10-8-9-18(15-19)16-25-22(23-2)24-14-13-20-11-6-7-12-21(20)27-4;/h6-12,15H,5,13-14,16-17H2,1-4H3,(H2,23,24,25);1H. The van der Waals surface area contributed by atoms with Gasteiger partial charge in [-0.1, -0.05) is 49.4 Å². The van der Waals surface area contributed by atoms with Crippen molar-refractivity contribution in [3.63, 3.8) is 0 Å². The molecule has 0 aliphatic heterocycles. The van der Waals surface area contributed by atoms with Crippen molar-refractivity contribution in [2.45, 2.75) is 26.4 Å². The van der Waals surface area contributed by atoms with Gasteiger partial charge in [-0.25, -0.2) is 0 Å². The molecule has 0 unspecified atom stereocenters. The first-order valence-electron chi connectivity index (χ1n) is 9.49. The summed E-state index contributed by atoms with van der Waals surface area (Å²) in [6.07, 6.45) is 0.879. The zero-order valence-corrected chi connectivity index (χ0v) is 19.7. The van der Waals surface area contributed by atoms with Crippen LogP contribution in [0.5, 0.6) is 5.75 Å². The summed E-state index contributed by atoms with van der Waals surface area (Å²) < 4.78 is 5.40. The van der Waals surface area contributed by atoms with E-state index >= 15 is 0 Å². The zero-order chi connectivity index (χ0) is 19.5. The predicted octanol–water partition coefficient (Wildman–Crippen LogP) is 3.67. The highest BCUT2D eigenvalue weighted by Gasteiger charge is 2.04. The fourth-order valence-corrected chi connectivity index (χ4v) is 2.89. The second kappa shape index (κ2) is 13.4. The number of methoxy groups -OCH3 is 1. The van der Waals surface area contributed by atoms with E-state index in [1.807, 2.05) is 18.2 Å². The monoisotopic (exact) mass is 496 g/mol. The van der Waals surface area contributed by atoms with Gasteiger partial charge in [0.25, 0.3) is 0 Å². The number of para-hydroxylation sites is 1. The van der Waals surface area contributed by atoms with Crippen LogP contribution in [-0.4, -0.2) is 45.2 Å². The van der Waals surface area contributed by atoms with Crippen molar-refractivity contribution in [1.82, 2.24) is 15.5 Å². The van der Waals surface area contributed by atoms with Crippen molar-refractivity contribution in [2.75, 3.05) is 34.3 Å². The van der Waals surface area contributed by atoms with Crippen molar-refractivity contribution in [2.24, 2.45) is 4.99 Å². The molecule has 0 atom stereocenters. The van der Waals surface area contributed by atoms with Crippen LogP contribution in [-0.2, 0) is 19.5 Å². The number of halogens is 1. The molecule has 2 aromatic rings. The lowest BCUT2D eigenvalue weighted by Crippen LogP contribution is -2.37. The van der Waals surface area contributed by atoms with Crippen molar-refractivity contribution in [1.29, 1.82) is 0 Å². The van der Waals surface area contributed by atoms with E-state index in [4.69, 9.17) is 4.74 Å². The molecular weight excluding hydrogens is 463 g/mol. The van der Waals surface area contributed by atoms with Crippen LogP contribution in [0.3, 0.4) is 0 Å². The van der Waals surface area contributed by atoms with Crippen LogP contribution in [0.4, 0.5) is 0 Å². The minimum atomic E-state index is 0. The van der Waals surface area contributed by atoms with E-state index in [9.17, 15) is 0 Å². The van der Waals surface area contributed by atoms with Gasteiger partial charge in [-0.15, -0.1) is 24.0 Å². The number of nitrogens with one attached hydrogen (secondary N) is 2. The second-order valence-electron chi connectivity index (χ2n) is 6.56. The Morgan fingerprint density at radius 2 is 1.82 bits per heavy atom. The Balaban J connectivity index is 0.00000392. The molecule has 0 saturated carbocycles. The quantitative estimate of drug-likeness (QED) is 0.316. The Bertz CT molecular complexity index is 736. The molecule has 0 aromatic heterocycles. The number of hydrogen-bond acceptors (Lipinski definition) is 3. The minimum Gasteiger partial charge on any atom is -0.496 e. The number of nitrogens with zero attached hydrogens (tertiary/aromatic N) is 2. The summed E-state index contributed by atoms with van der Waals surface area (Å²) in [7, 11) is 5.64. The highest BCUT2D eigenvalue weighted by atomic mass is 127. The van der Waals surface area contributed by atoms with Crippen LogP contribution in [0.1, 0.15) is 23.6 Å². The fraction of sp³-hybridized carbons (Fsp3) is 0.409. The van der Waals surface area contributed by atoms with Gasteiger partial charge in [-0.05, 0) is 42.8 Å². The molecule has 5 nitrogen and oxygen atoms in total. The summed E-state index contributed by atoms with van der Waals surface area (Å²) in [5, 5.41) is 6.76. The van der Waals surface area contributed by atoms with Crippen LogP contribution in [0, 0.1) is 0 Å². The van der Waals surface area contributed by atoms with E-state index in [0.29, 0.717) is 0 Å². The summed E-state index contributed by atoms with van der Waals surface area (Å²) in [6.45, 7) is 5.73. The van der Waals surface area contributed by atoms with Crippen LogP contribution < -0.4 is 15.4 Å². The van der Waals surface area contributed by atoms with E-state index < -0.39 is 0 Å². The van der Waals surface area contributed by atoms with E-state index in [-0.39, 0.29) is 24.0 Å². The van der Waals surface area contributed by atoms with Crippen LogP contribution >= 0.6 is 24.0 Å². The van der Waals surface area contributed by atoms with Gasteiger partial charge < -0.3 is 20.3 Å². The normalized spacial score (nSPS) is 11.1. The molecule has 0 aliphatic carbocycles. The maximum atomic E-state index is 5.40. The fourth-order valence-electron chi connectivity index (χ4n) is 2.89. The van der Waals surface area contributed by atoms with E-state index in [2.05, 4.69) is 64.8 Å². The van der Waals surface area contributed by atoms with Crippen molar-refractivity contribution in [3.05, 3.63) is 65.2 Å². The molecule has 0 spiro atoms. The number of aliphatic imine (C=N–C) groups is 1. The average Bonchev–Trinajstić information content (AvgIpc) is 2.71. The van der Waals surface area contributed by atoms with Gasteiger partial charge in [0.1, 0.15) is 5.75 Å². The van der Waals surface area contributed by atoms with Gasteiger partial charge in [0.05, 0.1) is 7.11 Å². The van der Waals surface area contributed by atoms with Crippen molar-refractivity contribution < 1.29 is 4.74 Å². The van der Waals surface area contributed by atoms with Gasteiger partial charge >= 0.3 is 0 Å². The molecule has 0 aliphatic rings. The summed E-state index contributed by atoms with van der Waals surface area (Å²) in [5.74, 6) is 1.73. The first-order chi connectivity index (χ1) is 13.2. The lowest BCUT2D eigenvalue weighted by atomic mass is 10.1. The number of rotatable bonds is 9. The van der Waals surface area contributed by atoms with Gasteiger partial charge in [0.15, 0.2) is 5.96 Å². The molecule has 2 N–H and O–H groups in total. The van der Waals surface area contributed by atoms with Gasteiger partial charge in [-0.2, -0.15) is 0 Å². The predicted molar refractivity (Wildman–Crippen MR) is 129 cm³/mol. The molecule has 0 heterocycles. The van der Waals surface area contributed by atoms with E-state index in [0.717, 1.165) is 44.3 Å². The molecule has 28 heavy (non-hydrogen) atoms. The molecule has 2 aromatic carbocycles. The molecule has 0 saturated heterocycles. The summed E-state index contributed by atoms with van der Waals surface area (Å²) in [4.78, 5) is 6.61. The lowest BCUT2D eigenvalue weighted by Gasteiger charge is -2.15. The Morgan fingerprint density at radius 1 is 1.07 bits per heavy atom. The van der Waals surface area contributed by atoms with Crippen molar-refractivity contribution in [3.8, 4) is 5.75 Å². The largest absolute Gasteiger partial charge is 0.496 e. The Morgan fingerprint density at radius 3 is 2.54 bits per heavy atom. The molecular formula is C22H33IN4O. The smallest absolute Gasteiger partial charge is 0.191 e. The van der Waals surface area contributed by atoms with Crippen LogP contribution in [0.15, 0.2) is 53.5 Å². The lowest BCUT2D eigenvalue weighted by molar-refractivity contribution is 0.345. The highest BCUT2D eigenvalue weighted by molar-refractivity contribution is 14.0. The Hall–Kier alpha value is -1.80. The van der Waals surface area contributed by atoms with Crippen LogP contribution in [0.2, 0.25) is 0 Å².